The standard InChI is InChI=1S/C20H24N2O3/c1-2-25-17-11-10-15-7-3-4-8-16(15)19(17)20(24)21-12-6-14-22-13-5-9-18(22)23/h3-4,7-8,10-11H,2,5-6,9,12-14H2,1H3,(H,21,24). The van der Waals surface area contributed by atoms with Crippen molar-refractivity contribution in [3.63, 3.8) is 0 Å². The molecule has 1 aliphatic heterocycles. The van der Waals surface area contributed by atoms with Crippen LogP contribution < -0.4 is 10.1 Å². The zero-order valence-electron chi connectivity index (χ0n) is 14.6. The Labute approximate surface area is 148 Å². The Hall–Kier alpha value is -2.56. The highest BCUT2D eigenvalue weighted by Crippen LogP contribution is 2.28. The third-order valence-electron chi connectivity index (χ3n) is 4.48. The number of fused-ring (bicyclic) bond motifs is 1. The van der Waals surface area contributed by atoms with Gasteiger partial charge in [-0.05, 0) is 36.6 Å². The van der Waals surface area contributed by atoms with Crippen molar-refractivity contribution in [2.24, 2.45) is 0 Å². The lowest BCUT2D eigenvalue weighted by Gasteiger charge is -2.16. The number of carbonyl (C=O) groups is 2. The van der Waals surface area contributed by atoms with Gasteiger partial charge in [0, 0.05) is 26.1 Å². The van der Waals surface area contributed by atoms with Gasteiger partial charge in [0.25, 0.3) is 5.91 Å². The molecule has 2 aromatic carbocycles. The number of carbonyl (C=O) groups excluding carboxylic acids is 2. The van der Waals surface area contributed by atoms with Crippen molar-refractivity contribution in [3.8, 4) is 5.75 Å². The molecule has 1 heterocycles. The summed E-state index contributed by atoms with van der Waals surface area (Å²) in [6.07, 6.45) is 2.35. The lowest BCUT2D eigenvalue weighted by molar-refractivity contribution is -0.127. The van der Waals surface area contributed by atoms with Crippen LogP contribution in [0.2, 0.25) is 0 Å². The van der Waals surface area contributed by atoms with Gasteiger partial charge in [-0.25, -0.2) is 0 Å². The van der Waals surface area contributed by atoms with E-state index in [2.05, 4.69) is 5.32 Å². The van der Waals surface area contributed by atoms with Gasteiger partial charge in [0.2, 0.25) is 5.91 Å². The second-order valence-corrected chi connectivity index (χ2v) is 6.19. The summed E-state index contributed by atoms with van der Waals surface area (Å²) in [6.45, 7) is 4.49. The van der Waals surface area contributed by atoms with E-state index in [1.165, 1.54) is 0 Å². The monoisotopic (exact) mass is 340 g/mol. The first-order chi connectivity index (χ1) is 12.2. The van der Waals surface area contributed by atoms with Crippen LogP contribution in [-0.4, -0.2) is 43.0 Å². The lowest BCUT2D eigenvalue weighted by atomic mass is 10.0. The number of rotatable bonds is 7. The molecule has 1 N–H and O–H groups in total. The molecule has 2 amide bonds. The van der Waals surface area contributed by atoms with Gasteiger partial charge < -0.3 is 15.0 Å². The third kappa shape index (κ3) is 3.92. The summed E-state index contributed by atoms with van der Waals surface area (Å²) in [6, 6.07) is 11.6. The van der Waals surface area contributed by atoms with E-state index in [1.807, 2.05) is 48.2 Å². The SMILES string of the molecule is CCOc1ccc2ccccc2c1C(=O)NCCCN1CCCC1=O. The zero-order valence-corrected chi connectivity index (χ0v) is 14.6. The highest BCUT2D eigenvalue weighted by atomic mass is 16.5. The molecule has 0 aliphatic carbocycles. The Balaban J connectivity index is 1.68. The second kappa shape index (κ2) is 8.01. The van der Waals surface area contributed by atoms with E-state index < -0.39 is 0 Å². The minimum Gasteiger partial charge on any atom is -0.493 e. The predicted molar refractivity (Wildman–Crippen MR) is 97.9 cm³/mol. The Morgan fingerprint density at radius 3 is 2.84 bits per heavy atom. The van der Waals surface area contributed by atoms with Crippen molar-refractivity contribution < 1.29 is 14.3 Å². The maximum absolute atomic E-state index is 12.7. The summed E-state index contributed by atoms with van der Waals surface area (Å²) < 4.78 is 5.65. The first-order valence-electron chi connectivity index (χ1n) is 8.91. The summed E-state index contributed by atoms with van der Waals surface area (Å²) in [5.41, 5.74) is 0.581. The van der Waals surface area contributed by atoms with Crippen molar-refractivity contribution >= 4 is 22.6 Å². The van der Waals surface area contributed by atoms with Gasteiger partial charge in [0.1, 0.15) is 5.75 Å². The van der Waals surface area contributed by atoms with E-state index in [1.54, 1.807) is 0 Å². The van der Waals surface area contributed by atoms with Crippen LogP contribution in [0.25, 0.3) is 10.8 Å². The van der Waals surface area contributed by atoms with E-state index in [9.17, 15) is 9.59 Å². The van der Waals surface area contributed by atoms with Gasteiger partial charge in [-0.3, -0.25) is 9.59 Å². The van der Waals surface area contributed by atoms with Crippen LogP contribution in [0, 0.1) is 0 Å². The van der Waals surface area contributed by atoms with Crippen LogP contribution in [0.4, 0.5) is 0 Å². The van der Waals surface area contributed by atoms with E-state index in [-0.39, 0.29) is 11.8 Å². The normalized spacial score (nSPS) is 14.1. The van der Waals surface area contributed by atoms with Crippen molar-refractivity contribution in [3.05, 3.63) is 42.0 Å². The van der Waals surface area contributed by atoms with Crippen molar-refractivity contribution in [1.29, 1.82) is 0 Å². The topological polar surface area (TPSA) is 58.6 Å². The molecule has 0 unspecified atom stereocenters. The Kier molecular flexibility index (Phi) is 5.53. The largest absolute Gasteiger partial charge is 0.493 e. The molecule has 0 spiro atoms. The summed E-state index contributed by atoms with van der Waals surface area (Å²) in [5.74, 6) is 0.695. The number of nitrogens with one attached hydrogen (secondary N) is 1. The number of amides is 2. The molecule has 3 rings (SSSR count). The lowest BCUT2D eigenvalue weighted by Crippen LogP contribution is -2.31. The maximum atomic E-state index is 12.7. The highest BCUT2D eigenvalue weighted by molar-refractivity contribution is 6.09. The second-order valence-electron chi connectivity index (χ2n) is 6.19. The Bertz CT molecular complexity index is 773. The first-order valence-corrected chi connectivity index (χ1v) is 8.91. The van der Waals surface area contributed by atoms with Crippen molar-refractivity contribution in [2.75, 3.05) is 26.2 Å². The van der Waals surface area contributed by atoms with Crippen molar-refractivity contribution in [1.82, 2.24) is 10.2 Å². The van der Waals surface area contributed by atoms with Crippen LogP contribution in [0.15, 0.2) is 36.4 Å². The average Bonchev–Trinajstić information content (AvgIpc) is 3.03. The third-order valence-corrected chi connectivity index (χ3v) is 4.48. The number of likely N-dealkylation sites (tertiary alicyclic amines) is 1. The number of hydrogen-bond acceptors (Lipinski definition) is 3. The Morgan fingerprint density at radius 2 is 2.08 bits per heavy atom. The number of nitrogens with zero attached hydrogens (tertiary/aromatic N) is 1. The van der Waals surface area contributed by atoms with Gasteiger partial charge >= 0.3 is 0 Å². The smallest absolute Gasteiger partial charge is 0.255 e. The fourth-order valence-electron chi connectivity index (χ4n) is 3.26. The van der Waals surface area contributed by atoms with Gasteiger partial charge in [-0.15, -0.1) is 0 Å². The highest BCUT2D eigenvalue weighted by Gasteiger charge is 2.20. The molecule has 1 aliphatic rings. The first kappa shape index (κ1) is 17.3. The summed E-state index contributed by atoms with van der Waals surface area (Å²) in [4.78, 5) is 26.2. The van der Waals surface area contributed by atoms with Crippen molar-refractivity contribution in [2.45, 2.75) is 26.2 Å². The molecular formula is C20H24N2O3. The maximum Gasteiger partial charge on any atom is 0.255 e. The molecule has 0 aromatic heterocycles. The molecule has 0 saturated carbocycles. The molecule has 0 atom stereocenters. The Morgan fingerprint density at radius 1 is 1.24 bits per heavy atom. The summed E-state index contributed by atoms with van der Waals surface area (Å²) >= 11 is 0. The van der Waals surface area contributed by atoms with Gasteiger partial charge in [0.15, 0.2) is 0 Å². The molecule has 1 saturated heterocycles. The zero-order chi connectivity index (χ0) is 17.6. The molecule has 2 aromatic rings. The molecule has 5 heteroatoms. The fourth-order valence-corrected chi connectivity index (χ4v) is 3.26. The van der Waals surface area contributed by atoms with Gasteiger partial charge in [-0.1, -0.05) is 30.3 Å². The number of benzene rings is 2. The van der Waals surface area contributed by atoms with E-state index >= 15 is 0 Å². The van der Waals surface area contributed by atoms with E-state index in [0.717, 1.165) is 30.2 Å². The van der Waals surface area contributed by atoms with Gasteiger partial charge in [-0.2, -0.15) is 0 Å². The summed E-state index contributed by atoms with van der Waals surface area (Å²) in [5, 5.41) is 4.87. The quantitative estimate of drug-likeness (QED) is 0.788. The predicted octanol–water partition coefficient (Wildman–Crippen LogP) is 2.98. The molecule has 25 heavy (non-hydrogen) atoms. The average molecular weight is 340 g/mol. The van der Waals surface area contributed by atoms with E-state index in [0.29, 0.717) is 37.4 Å². The van der Waals surface area contributed by atoms with Crippen LogP contribution in [-0.2, 0) is 4.79 Å². The summed E-state index contributed by atoms with van der Waals surface area (Å²) in [7, 11) is 0. The molecular weight excluding hydrogens is 316 g/mol. The van der Waals surface area contributed by atoms with Gasteiger partial charge in [0.05, 0.1) is 12.2 Å². The molecule has 0 bridgehead atoms. The number of hydrogen-bond donors (Lipinski definition) is 1. The molecule has 1 fully saturated rings. The van der Waals surface area contributed by atoms with E-state index in [4.69, 9.17) is 4.74 Å². The van der Waals surface area contributed by atoms with Crippen LogP contribution in [0.1, 0.15) is 36.5 Å². The number of ether oxygens (including phenoxy) is 1. The minimum atomic E-state index is -0.131. The minimum absolute atomic E-state index is 0.131. The molecule has 0 radical (unpaired) electrons. The van der Waals surface area contributed by atoms with Crippen LogP contribution in [0.5, 0.6) is 5.75 Å². The van der Waals surface area contributed by atoms with Crippen LogP contribution in [0.3, 0.4) is 0 Å². The fraction of sp³-hybridized carbons (Fsp3) is 0.400. The molecule has 5 nitrogen and oxygen atoms in total. The van der Waals surface area contributed by atoms with Crippen LogP contribution >= 0.6 is 0 Å². The molecule has 132 valence electrons.